The highest BCUT2D eigenvalue weighted by atomic mass is 79.9. The first-order chi connectivity index (χ1) is 6.29. The molecule has 0 bridgehead atoms. The minimum absolute atomic E-state index is 0.0400. The van der Waals surface area contributed by atoms with Crippen LogP contribution in [0, 0.1) is 11.6 Å². The van der Waals surface area contributed by atoms with Gasteiger partial charge < -0.3 is 0 Å². The molecule has 0 aliphatic heterocycles. The molecular weight excluding hydrogens is 276 g/mol. The molecule has 6 heteroatoms. The third kappa shape index (κ3) is 3.02. The van der Waals surface area contributed by atoms with Crippen LogP contribution in [-0.4, -0.2) is 16.7 Å². The fourth-order valence-electron chi connectivity index (χ4n) is 0.849. The maximum Gasteiger partial charge on any atom is 0.142 e. The third-order valence-electron chi connectivity index (χ3n) is 1.29. The lowest BCUT2D eigenvalue weighted by molar-refractivity contribution is 0.572. The Morgan fingerprint density at radius 3 is 2.07 bits per heavy atom. The Balaban J connectivity index is 3.35. The zero-order chi connectivity index (χ0) is 10.9. The number of rotatable bonds is 1. The van der Waals surface area contributed by atoms with Gasteiger partial charge in [0.1, 0.15) is 11.6 Å². The van der Waals surface area contributed by atoms with Crippen LogP contribution in [0.2, 0.25) is 0 Å². The second-order valence-electron chi connectivity index (χ2n) is 3.00. The molecule has 0 aromatic heterocycles. The topological polar surface area (TPSA) is 29.4 Å². The second-order valence-corrected chi connectivity index (χ2v) is 6.33. The molecule has 14 heavy (non-hydrogen) atoms. The summed E-state index contributed by atoms with van der Waals surface area (Å²) in [7, 11) is -2.40. The first-order valence-corrected chi connectivity index (χ1v) is 6.74. The molecule has 0 spiro atoms. The summed E-state index contributed by atoms with van der Waals surface area (Å²) in [6.45, 7) is 0. The molecule has 2 nitrogen and oxygen atoms in total. The van der Waals surface area contributed by atoms with Gasteiger partial charge in [0.25, 0.3) is 0 Å². The van der Waals surface area contributed by atoms with Gasteiger partial charge in [-0.3, -0.25) is 0 Å². The summed E-state index contributed by atoms with van der Waals surface area (Å²) in [6.07, 6.45) is 2.79. The Morgan fingerprint density at radius 2 is 1.71 bits per heavy atom. The van der Waals surface area contributed by atoms with Crippen LogP contribution in [-0.2, 0) is 9.73 Å². The van der Waals surface area contributed by atoms with E-state index in [1.165, 1.54) is 12.5 Å². The van der Waals surface area contributed by atoms with Crippen LogP contribution >= 0.6 is 15.9 Å². The van der Waals surface area contributed by atoms with Gasteiger partial charge in [0.2, 0.25) is 0 Å². The monoisotopic (exact) mass is 283 g/mol. The van der Waals surface area contributed by atoms with Crippen molar-refractivity contribution < 1.29 is 13.0 Å². The first-order valence-electron chi connectivity index (χ1n) is 3.61. The van der Waals surface area contributed by atoms with Gasteiger partial charge in [0.05, 0.1) is 10.2 Å². The summed E-state index contributed by atoms with van der Waals surface area (Å²) >= 11 is 2.73. The van der Waals surface area contributed by atoms with E-state index in [-0.39, 0.29) is 10.2 Å². The number of nitrogens with zero attached hydrogens (tertiary/aromatic N) is 1. The lowest BCUT2D eigenvalue weighted by atomic mass is 10.3. The molecule has 0 aliphatic carbocycles. The van der Waals surface area contributed by atoms with E-state index in [1.807, 2.05) is 0 Å². The van der Waals surface area contributed by atoms with E-state index < -0.39 is 21.4 Å². The van der Waals surface area contributed by atoms with Gasteiger partial charge in [-0.05, 0) is 15.9 Å². The highest BCUT2D eigenvalue weighted by Crippen LogP contribution is 2.25. The van der Waals surface area contributed by atoms with Gasteiger partial charge in [-0.2, -0.15) is 4.36 Å². The van der Waals surface area contributed by atoms with Crippen molar-refractivity contribution in [1.29, 1.82) is 0 Å². The number of hydrogen-bond donors (Lipinski definition) is 0. The summed E-state index contributed by atoms with van der Waals surface area (Å²) in [5.41, 5.74) is 0.0400. The predicted octanol–water partition coefficient (Wildman–Crippen LogP) is 3.09. The summed E-state index contributed by atoms with van der Waals surface area (Å²) < 4.78 is 40.6. The lowest BCUT2D eigenvalue weighted by Gasteiger charge is -2.00. The van der Waals surface area contributed by atoms with Crippen molar-refractivity contribution >= 4 is 31.3 Å². The van der Waals surface area contributed by atoms with E-state index in [4.69, 9.17) is 0 Å². The van der Waals surface area contributed by atoms with E-state index in [1.54, 1.807) is 0 Å². The van der Waals surface area contributed by atoms with Crippen molar-refractivity contribution in [1.82, 2.24) is 0 Å². The fraction of sp³-hybridized carbons (Fsp3) is 0.250. The average Bonchev–Trinajstić information content (AvgIpc) is 1.96. The second kappa shape index (κ2) is 3.94. The Hall–Kier alpha value is -0.490. The maximum absolute atomic E-state index is 13.0. The van der Waals surface area contributed by atoms with Crippen LogP contribution in [0.15, 0.2) is 21.0 Å². The molecule has 1 aromatic carbocycles. The summed E-state index contributed by atoms with van der Waals surface area (Å²) in [5, 5.41) is 0. The Morgan fingerprint density at radius 1 is 1.29 bits per heavy atom. The van der Waals surface area contributed by atoms with Crippen molar-refractivity contribution in [2.45, 2.75) is 0 Å². The van der Waals surface area contributed by atoms with E-state index in [0.717, 1.165) is 12.1 Å². The SMILES string of the molecule is CS(C)(=O)=Nc1cc(F)c(Br)c(F)c1. The molecule has 0 radical (unpaired) electrons. The molecule has 0 saturated carbocycles. The minimum atomic E-state index is -2.40. The van der Waals surface area contributed by atoms with Crippen molar-refractivity contribution in [2.24, 2.45) is 4.36 Å². The lowest BCUT2D eigenvalue weighted by Crippen LogP contribution is -1.90. The number of benzene rings is 1. The van der Waals surface area contributed by atoms with E-state index in [9.17, 15) is 13.0 Å². The molecule has 0 N–H and O–H groups in total. The number of halogens is 3. The molecule has 1 rings (SSSR count). The summed E-state index contributed by atoms with van der Waals surface area (Å²) in [4.78, 5) is 0. The molecule has 0 fully saturated rings. The van der Waals surface area contributed by atoms with E-state index in [2.05, 4.69) is 20.3 Å². The standard InChI is InChI=1S/C8H8BrF2NOS/c1-14(2,13)12-5-3-6(10)8(9)7(11)4-5/h3-4H,1-2H3. The maximum atomic E-state index is 13.0. The quantitative estimate of drug-likeness (QED) is 0.729. The van der Waals surface area contributed by atoms with Crippen molar-refractivity contribution in [3.8, 4) is 0 Å². The minimum Gasteiger partial charge on any atom is -0.250 e. The number of hydrogen-bond acceptors (Lipinski definition) is 2. The average molecular weight is 284 g/mol. The molecule has 0 aliphatic rings. The van der Waals surface area contributed by atoms with E-state index >= 15 is 0 Å². The summed E-state index contributed by atoms with van der Waals surface area (Å²) in [5.74, 6) is -1.51. The molecular formula is C8H8BrF2NOS. The first kappa shape index (κ1) is 11.6. The van der Waals surface area contributed by atoms with Crippen LogP contribution < -0.4 is 0 Å². The smallest absolute Gasteiger partial charge is 0.142 e. The summed E-state index contributed by atoms with van der Waals surface area (Å²) in [6, 6.07) is 2.06. The van der Waals surface area contributed by atoms with Gasteiger partial charge in [-0.15, -0.1) is 0 Å². The van der Waals surface area contributed by atoms with Crippen LogP contribution in [0.1, 0.15) is 0 Å². The predicted molar refractivity (Wildman–Crippen MR) is 56.1 cm³/mol. The molecule has 1 aromatic rings. The fourth-order valence-corrected chi connectivity index (χ4v) is 1.69. The molecule has 0 heterocycles. The highest BCUT2D eigenvalue weighted by Gasteiger charge is 2.08. The molecule has 0 atom stereocenters. The molecule has 0 unspecified atom stereocenters. The van der Waals surface area contributed by atoms with Gasteiger partial charge in [-0.25, -0.2) is 13.0 Å². The van der Waals surface area contributed by atoms with Crippen molar-refractivity contribution in [3.63, 3.8) is 0 Å². The van der Waals surface area contributed by atoms with E-state index in [0.29, 0.717) is 0 Å². The van der Waals surface area contributed by atoms with Crippen molar-refractivity contribution in [2.75, 3.05) is 12.5 Å². The van der Waals surface area contributed by atoms with Crippen LogP contribution in [0.4, 0.5) is 14.5 Å². The zero-order valence-electron chi connectivity index (χ0n) is 7.55. The Labute approximate surface area is 89.6 Å². The van der Waals surface area contributed by atoms with Gasteiger partial charge in [-0.1, -0.05) is 0 Å². The van der Waals surface area contributed by atoms with Crippen LogP contribution in [0.25, 0.3) is 0 Å². The van der Waals surface area contributed by atoms with Crippen LogP contribution in [0.3, 0.4) is 0 Å². The Kier molecular flexibility index (Phi) is 3.26. The molecule has 0 amide bonds. The molecule has 78 valence electrons. The zero-order valence-corrected chi connectivity index (χ0v) is 9.95. The largest absolute Gasteiger partial charge is 0.250 e. The Bertz CT molecular complexity index is 449. The van der Waals surface area contributed by atoms with Crippen LogP contribution in [0.5, 0.6) is 0 Å². The van der Waals surface area contributed by atoms with Gasteiger partial charge in [0.15, 0.2) is 0 Å². The van der Waals surface area contributed by atoms with Gasteiger partial charge in [0, 0.05) is 34.4 Å². The van der Waals surface area contributed by atoms with Gasteiger partial charge >= 0.3 is 0 Å². The highest BCUT2D eigenvalue weighted by molar-refractivity contribution is 9.10. The van der Waals surface area contributed by atoms with Crippen molar-refractivity contribution in [3.05, 3.63) is 28.2 Å². The third-order valence-corrected chi connectivity index (χ3v) is 2.70. The normalized spacial score (nSPS) is 11.5. The molecule has 0 saturated heterocycles.